The van der Waals surface area contributed by atoms with Crippen LogP contribution in [0.5, 0.6) is 5.75 Å². The van der Waals surface area contributed by atoms with Gasteiger partial charge in [0.25, 0.3) is 0 Å². The smallest absolute Gasteiger partial charge is 0.246 e. The van der Waals surface area contributed by atoms with Crippen molar-refractivity contribution in [1.82, 2.24) is 9.29 Å². The predicted molar refractivity (Wildman–Crippen MR) is 80.3 cm³/mol. The lowest BCUT2D eigenvalue weighted by molar-refractivity contribution is 0.398. The van der Waals surface area contributed by atoms with E-state index in [4.69, 9.17) is 10.5 Å². The maximum absolute atomic E-state index is 12.5. The Hall–Kier alpha value is -2.12. The predicted octanol–water partition coefficient (Wildman–Crippen LogP) is 1.49. The number of nitrogens with zero attached hydrogens (tertiary/aromatic N) is 2. The molecule has 1 aromatic carbocycles. The van der Waals surface area contributed by atoms with E-state index in [2.05, 4.69) is 4.98 Å². The van der Waals surface area contributed by atoms with Crippen LogP contribution in [0.15, 0.2) is 47.6 Å². The Balaban J connectivity index is 2.32. The van der Waals surface area contributed by atoms with E-state index in [1.54, 1.807) is 13.2 Å². The van der Waals surface area contributed by atoms with Crippen LogP contribution in [0, 0.1) is 0 Å². The summed E-state index contributed by atoms with van der Waals surface area (Å²) in [5, 5.41) is 0. The highest BCUT2D eigenvalue weighted by Crippen LogP contribution is 2.24. The van der Waals surface area contributed by atoms with Crippen molar-refractivity contribution < 1.29 is 13.2 Å². The van der Waals surface area contributed by atoms with Gasteiger partial charge < -0.3 is 10.5 Å². The van der Waals surface area contributed by atoms with Crippen LogP contribution in [0.25, 0.3) is 0 Å². The van der Waals surface area contributed by atoms with Crippen LogP contribution in [0.1, 0.15) is 5.56 Å². The van der Waals surface area contributed by atoms with Gasteiger partial charge >= 0.3 is 0 Å². The van der Waals surface area contributed by atoms with Crippen LogP contribution in [0.4, 0.5) is 5.69 Å². The molecule has 0 unspecified atom stereocenters. The highest BCUT2D eigenvalue weighted by molar-refractivity contribution is 7.89. The normalized spacial score (nSPS) is 11.6. The largest absolute Gasteiger partial charge is 0.496 e. The summed E-state index contributed by atoms with van der Waals surface area (Å²) in [6.07, 6.45) is 2.71. The molecule has 0 fully saturated rings. The highest BCUT2D eigenvalue weighted by Gasteiger charge is 2.24. The number of pyridine rings is 1. The number of aromatic nitrogens is 1. The van der Waals surface area contributed by atoms with Gasteiger partial charge in [-0.15, -0.1) is 0 Å². The Kier molecular flexibility index (Phi) is 4.44. The monoisotopic (exact) mass is 307 g/mol. The summed E-state index contributed by atoms with van der Waals surface area (Å²) in [5.41, 5.74) is 6.67. The summed E-state index contributed by atoms with van der Waals surface area (Å²) in [6.45, 7) is 0.181. The van der Waals surface area contributed by atoms with Gasteiger partial charge in [-0.05, 0) is 12.1 Å². The molecule has 2 aromatic rings. The zero-order chi connectivity index (χ0) is 15.5. The maximum atomic E-state index is 12.5. The first-order valence-corrected chi connectivity index (χ1v) is 7.68. The van der Waals surface area contributed by atoms with E-state index < -0.39 is 10.0 Å². The Morgan fingerprint density at radius 1 is 1.29 bits per heavy atom. The molecule has 0 radical (unpaired) electrons. The van der Waals surface area contributed by atoms with E-state index in [1.165, 1.54) is 29.8 Å². The van der Waals surface area contributed by atoms with E-state index >= 15 is 0 Å². The second kappa shape index (κ2) is 6.11. The highest BCUT2D eigenvalue weighted by atomic mass is 32.2. The summed E-state index contributed by atoms with van der Waals surface area (Å²) < 4.78 is 31.5. The number of nitrogen functional groups attached to an aromatic ring is 1. The summed E-state index contributed by atoms with van der Waals surface area (Å²) in [4.78, 5) is 3.83. The zero-order valence-corrected chi connectivity index (χ0v) is 12.7. The zero-order valence-electron chi connectivity index (χ0n) is 11.9. The molecule has 0 aliphatic rings. The van der Waals surface area contributed by atoms with E-state index in [9.17, 15) is 8.42 Å². The van der Waals surface area contributed by atoms with Crippen LogP contribution < -0.4 is 10.5 Å². The van der Waals surface area contributed by atoms with Crippen molar-refractivity contribution in [2.75, 3.05) is 19.9 Å². The molecular formula is C14H17N3O3S. The quantitative estimate of drug-likeness (QED) is 0.904. The number of hydrogen-bond acceptors (Lipinski definition) is 5. The third kappa shape index (κ3) is 3.14. The van der Waals surface area contributed by atoms with Gasteiger partial charge in [0.2, 0.25) is 10.0 Å². The molecule has 0 spiro atoms. The minimum atomic E-state index is -3.70. The third-order valence-corrected chi connectivity index (χ3v) is 4.94. The average molecular weight is 307 g/mol. The molecule has 0 aliphatic heterocycles. The number of para-hydroxylation sites is 1. The van der Waals surface area contributed by atoms with E-state index in [-0.39, 0.29) is 17.1 Å². The van der Waals surface area contributed by atoms with Gasteiger partial charge in [0.15, 0.2) is 0 Å². The van der Waals surface area contributed by atoms with Crippen LogP contribution in [-0.4, -0.2) is 31.9 Å². The minimum Gasteiger partial charge on any atom is -0.496 e. The number of rotatable bonds is 5. The summed E-state index contributed by atoms with van der Waals surface area (Å²) >= 11 is 0. The standard InChI is InChI=1S/C14H17N3O3S/c1-17(10-11-5-3-4-6-13(11)20-2)21(18,19)14-9-16-8-7-12(14)15/h3-9H,10H2,1-2H3,(H2,15,16). The number of methoxy groups -OCH3 is 1. The van der Waals surface area contributed by atoms with Gasteiger partial charge in [-0.1, -0.05) is 18.2 Å². The number of sulfonamides is 1. The molecule has 7 heteroatoms. The second-order valence-electron chi connectivity index (χ2n) is 4.49. The Bertz CT molecular complexity index is 732. The van der Waals surface area contributed by atoms with Crippen LogP contribution in [0.2, 0.25) is 0 Å². The van der Waals surface area contributed by atoms with Crippen LogP contribution >= 0.6 is 0 Å². The molecule has 2 N–H and O–H groups in total. The van der Waals surface area contributed by atoms with Crippen molar-refractivity contribution in [3.05, 3.63) is 48.3 Å². The van der Waals surface area contributed by atoms with E-state index in [1.807, 2.05) is 18.2 Å². The topological polar surface area (TPSA) is 85.5 Å². The van der Waals surface area contributed by atoms with Gasteiger partial charge in [-0.25, -0.2) is 8.42 Å². The van der Waals surface area contributed by atoms with Crippen molar-refractivity contribution >= 4 is 15.7 Å². The van der Waals surface area contributed by atoms with Gasteiger partial charge in [-0.3, -0.25) is 4.98 Å². The lowest BCUT2D eigenvalue weighted by Crippen LogP contribution is -2.27. The minimum absolute atomic E-state index is 0.00222. The SMILES string of the molecule is COc1ccccc1CN(C)S(=O)(=O)c1cnccc1N. The molecule has 0 atom stereocenters. The molecule has 2 rings (SSSR count). The Morgan fingerprint density at radius 3 is 2.67 bits per heavy atom. The van der Waals surface area contributed by atoms with E-state index in [0.29, 0.717) is 5.75 Å². The number of ether oxygens (including phenoxy) is 1. The lowest BCUT2D eigenvalue weighted by atomic mass is 10.2. The number of hydrogen-bond donors (Lipinski definition) is 1. The molecular weight excluding hydrogens is 290 g/mol. The van der Waals surface area contributed by atoms with Gasteiger partial charge in [0.1, 0.15) is 10.6 Å². The molecule has 6 nitrogen and oxygen atoms in total. The fourth-order valence-corrected chi connectivity index (χ4v) is 3.14. The van der Waals surface area contributed by atoms with Gasteiger partial charge in [0, 0.05) is 31.5 Å². The van der Waals surface area contributed by atoms with Crippen molar-refractivity contribution in [1.29, 1.82) is 0 Å². The first-order chi connectivity index (χ1) is 9.96. The molecule has 1 aromatic heterocycles. The third-order valence-electron chi connectivity index (χ3n) is 3.09. The molecule has 112 valence electrons. The summed E-state index contributed by atoms with van der Waals surface area (Å²) in [5.74, 6) is 0.638. The Labute approximate surface area is 124 Å². The number of benzene rings is 1. The number of anilines is 1. The molecule has 1 heterocycles. The van der Waals surface area contributed by atoms with Crippen molar-refractivity contribution in [3.63, 3.8) is 0 Å². The molecule has 21 heavy (non-hydrogen) atoms. The Morgan fingerprint density at radius 2 is 2.00 bits per heavy atom. The fraction of sp³-hybridized carbons (Fsp3) is 0.214. The lowest BCUT2D eigenvalue weighted by Gasteiger charge is -2.19. The molecule has 0 aliphatic carbocycles. The van der Waals surface area contributed by atoms with Gasteiger partial charge in [-0.2, -0.15) is 4.31 Å². The average Bonchev–Trinajstić information content (AvgIpc) is 2.48. The van der Waals surface area contributed by atoms with E-state index in [0.717, 1.165) is 5.56 Å². The van der Waals surface area contributed by atoms with Gasteiger partial charge in [0.05, 0.1) is 12.8 Å². The first-order valence-electron chi connectivity index (χ1n) is 6.24. The van der Waals surface area contributed by atoms with Crippen molar-refractivity contribution in [2.24, 2.45) is 0 Å². The summed E-state index contributed by atoms with van der Waals surface area (Å²) in [6, 6.07) is 8.72. The molecule has 0 saturated carbocycles. The maximum Gasteiger partial charge on any atom is 0.246 e. The van der Waals surface area contributed by atoms with Crippen molar-refractivity contribution in [2.45, 2.75) is 11.4 Å². The van der Waals surface area contributed by atoms with Crippen LogP contribution in [-0.2, 0) is 16.6 Å². The molecule has 0 bridgehead atoms. The summed E-state index contributed by atoms with van der Waals surface area (Å²) in [7, 11) is -0.660. The van der Waals surface area contributed by atoms with Crippen LogP contribution in [0.3, 0.4) is 0 Å². The van der Waals surface area contributed by atoms with Crippen molar-refractivity contribution in [3.8, 4) is 5.75 Å². The second-order valence-corrected chi connectivity index (χ2v) is 6.50. The molecule has 0 amide bonds. The fourth-order valence-electron chi connectivity index (χ4n) is 1.93. The first kappa shape index (κ1) is 15.3. The number of nitrogens with two attached hydrogens (primary N) is 1. The molecule has 0 saturated heterocycles.